The Kier molecular flexibility index (Phi) is 3.13. The van der Waals surface area contributed by atoms with Crippen LogP contribution >= 0.6 is 0 Å². The van der Waals surface area contributed by atoms with E-state index < -0.39 is 0 Å². The molecular weight excluding hydrogens is 246 g/mol. The highest BCUT2D eigenvalue weighted by atomic mass is 15.1. The summed E-state index contributed by atoms with van der Waals surface area (Å²) in [4.78, 5) is 0. The SMILES string of the molecule is CCCNCc1cn[nH]c1C12CC3CC(CC(C3)C1)C2. The van der Waals surface area contributed by atoms with Gasteiger partial charge in [-0.25, -0.2) is 0 Å². The van der Waals surface area contributed by atoms with Crippen LogP contribution in [-0.2, 0) is 12.0 Å². The standard InChI is InChI=1S/C17H27N3/c1-2-3-18-10-15-11-19-20-16(15)17-7-12-4-13(8-17)6-14(5-12)9-17/h11-14,18H,2-10H2,1H3,(H,19,20). The summed E-state index contributed by atoms with van der Waals surface area (Å²) < 4.78 is 0. The van der Waals surface area contributed by atoms with E-state index in [0.29, 0.717) is 5.41 Å². The fourth-order valence-corrected chi connectivity index (χ4v) is 5.72. The van der Waals surface area contributed by atoms with Gasteiger partial charge in [0.25, 0.3) is 0 Å². The first-order valence-corrected chi connectivity index (χ1v) is 8.52. The summed E-state index contributed by atoms with van der Waals surface area (Å²) in [7, 11) is 0. The molecule has 0 amide bonds. The minimum Gasteiger partial charge on any atom is -0.313 e. The number of aromatic nitrogens is 2. The number of hydrogen-bond donors (Lipinski definition) is 2. The summed E-state index contributed by atoms with van der Waals surface area (Å²) in [5.74, 6) is 3.00. The Morgan fingerprint density at radius 1 is 1.20 bits per heavy atom. The molecule has 0 spiro atoms. The number of H-pyrrole nitrogens is 1. The molecule has 4 bridgehead atoms. The molecule has 110 valence electrons. The van der Waals surface area contributed by atoms with E-state index >= 15 is 0 Å². The highest BCUT2D eigenvalue weighted by molar-refractivity contribution is 5.29. The van der Waals surface area contributed by atoms with Crippen LogP contribution in [0.4, 0.5) is 0 Å². The second-order valence-corrected chi connectivity index (χ2v) is 7.64. The normalized spacial score (nSPS) is 38.5. The first-order chi connectivity index (χ1) is 9.79. The molecule has 4 aliphatic carbocycles. The lowest BCUT2D eigenvalue weighted by Gasteiger charge is -2.56. The zero-order valence-corrected chi connectivity index (χ0v) is 12.6. The Labute approximate surface area is 121 Å². The van der Waals surface area contributed by atoms with Gasteiger partial charge >= 0.3 is 0 Å². The maximum atomic E-state index is 4.39. The number of nitrogens with one attached hydrogen (secondary N) is 2. The molecule has 5 rings (SSSR count). The zero-order valence-electron chi connectivity index (χ0n) is 12.6. The van der Waals surface area contributed by atoms with Crippen molar-refractivity contribution in [2.45, 2.75) is 63.8 Å². The average Bonchev–Trinajstić information content (AvgIpc) is 2.86. The summed E-state index contributed by atoms with van der Waals surface area (Å²) in [5.41, 5.74) is 3.37. The molecule has 4 fully saturated rings. The molecule has 0 aromatic carbocycles. The number of hydrogen-bond acceptors (Lipinski definition) is 2. The van der Waals surface area contributed by atoms with Crippen LogP contribution in [0.3, 0.4) is 0 Å². The molecule has 4 saturated carbocycles. The number of rotatable bonds is 5. The van der Waals surface area contributed by atoms with Crippen molar-refractivity contribution in [3.05, 3.63) is 17.5 Å². The van der Waals surface area contributed by atoms with Crippen molar-refractivity contribution in [3.63, 3.8) is 0 Å². The monoisotopic (exact) mass is 273 g/mol. The Bertz CT molecular complexity index is 441. The van der Waals surface area contributed by atoms with E-state index in [0.717, 1.165) is 30.8 Å². The van der Waals surface area contributed by atoms with Gasteiger partial charge in [0.05, 0.1) is 6.20 Å². The van der Waals surface area contributed by atoms with Gasteiger partial charge in [0, 0.05) is 23.2 Å². The topological polar surface area (TPSA) is 40.7 Å². The molecule has 1 aromatic rings. The van der Waals surface area contributed by atoms with E-state index in [9.17, 15) is 0 Å². The molecule has 0 radical (unpaired) electrons. The molecule has 0 saturated heterocycles. The zero-order chi connectivity index (χ0) is 13.6. The summed E-state index contributed by atoms with van der Waals surface area (Å²) in [5, 5.41) is 11.3. The Hall–Kier alpha value is -0.830. The van der Waals surface area contributed by atoms with Crippen LogP contribution < -0.4 is 5.32 Å². The van der Waals surface area contributed by atoms with Gasteiger partial charge in [-0.2, -0.15) is 5.10 Å². The van der Waals surface area contributed by atoms with Crippen LogP contribution in [0.15, 0.2) is 6.20 Å². The van der Waals surface area contributed by atoms with Crippen molar-refractivity contribution in [1.82, 2.24) is 15.5 Å². The Morgan fingerprint density at radius 2 is 1.85 bits per heavy atom. The smallest absolute Gasteiger partial charge is 0.0535 e. The van der Waals surface area contributed by atoms with Crippen molar-refractivity contribution >= 4 is 0 Å². The van der Waals surface area contributed by atoms with E-state index in [1.807, 2.05) is 0 Å². The van der Waals surface area contributed by atoms with Crippen molar-refractivity contribution in [2.75, 3.05) is 6.54 Å². The molecule has 0 unspecified atom stereocenters. The fraction of sp³-hybridized carbons (Fsp3) is 0.824. The lowest BCUT2D eigenvalue weighted by molar-refractivity contribution is -0.00764. The molecule has 4 aliphatic rings. The van der Waals surface area contributed by atoms with E-state index in [4.69, 9.17) is 0 Å². The Morgan fingerprint density at radius 3 is 2.45 bits per heavy atom. The van der Waals surface area contributed by atoms with Crippen LogP contribution in [0.2, 0.25) is 0 Å². The van der Waals surface area contributed by atoms with Gasteiger partial charge in [-0.15, -0.1) is 0 Å². The van der Waals surface area contributed by atoms with Crippen molar-refractivity contribution in [1.29, 1.82) is 0 Å². The predicted octanol–water partition coefficient (Wildman–Crippen LogP) is 3.38. The lowest BCUT2D eigenvalue weighted by Crippen LogP contribution is -2.49. The van der Waals surface area contributed by atoms with E-state index in [1.54, 1.807) is 0 Å². The molecule has 20 heavy (non-hydrogen) atoms. The average molecular weight is 273 g/mol. The van der Waals surface area contributed by atoms with Crippen LogP contribution in [-0.4, -0.2) is 16.7 Å². The van der Waals surface area contributed by atoms with Gasteiger partial charge in [0.2, 0.25) is 0 Å². The van der Waals surface area contributed by atoms with Crippen LogP contribution in [0.5, 0.6) is 0 Å². The number of nitrogens with zero attached hydrogens (tertiary/aromatic N) is 1. The molecule has 0 aliphatic heterocycles. The van der Waals surface area contributed by atoms with E-state index in [2.05, 4.69) is 28.6 Å². The van der Waals surface area contributed by atoms with Crippen LogP contribution in [0.1, 0.15) is 63.1 Å². The first-order valence-electron chi connectivity index (χ1n) is 8.52. The maximum absolute atomic E-state index is 4.39. The highest BCUT2D eigenvalue weighted by Gasteiger charge is 2.52. The van der Waals surface area contributed by atoms with Crippen molar-refractivity contribution in [3.8, 4) is 0 Å². The summed E-state index contributed by atoms with van der Waals surface area (Å²) in [6.07, 6.45) is 12.1. The fourth-order valence-electron chi connectivity index (χ4n) is 5.72. The van der Waals surface area contributed by atoms with Crippen molar-refractivity contribution < 1.29 is 0 Å². The van der Waals surface area contributed by atoms with Gasteiger partial charge in [-0.05, 0) is 69.2 Å². The van der Waals surface area contributed by atoms with Crippen molar-refractivity contribution in [2.24, 2.45) is 17.8 Å². The van der Waals surface area contributed by atoms with Gasteiger partial charge in [0.15, 0.2) is 0 Å². The van der Waals surface area contributed by atoms with Gasteiger partial charge in [-0.1, -0.05) is 6.92 Å². The summed E-state index contributed by atoms with van der Waals surface area (Å²) in [6.45, 7) is 4.31. The van der Waals surface area contributed by atoms with Gasteiger partial charge in [-0.3, -0.25) is 5.10 Å². The van der Waals surface area contributed by atoms with Gasteiger partial charge in [0.1, 0.15) is 0 Å². The third-order valence-electron chi connectivity index (χ3n) is 6.03. The molecule has 2 N–H and O–H groups in total. The van der Waals surface area contributed by atoms with Crippen LogP contribution in [0.25, 0.3) is 0 Å². The minimum atomic E-state index is 0.453. The second kappa shape index (κ2) is 4.87. The molecule has 3 nitrogen and oxygen atoms in total. The highest BCUT2D eigenvalue weighted by Crippen LogP contribution is 2.60. The van der Waals surface area contributed by atoms with E-state index in [1.165, 1.54) is 56.2 Å². The summed E-state index contributed by atoms with van der Waals surface area (Å²) >= 11 is 0. The van der Waals surface area contributed by atoms with Gasteiger partial charge < -0.3 is 5.32 Å². The third kappa shape index (κ3) is 2.02. The second-order valence-electron chi connectivity index (χ2n) is 7.64. The minimum absolute atomic E-state index is 0.453. The molecular formula is C17H27N3. The van der Waals surface area contributed by atoms with E-state index in [-0.39, 0.29) is 0 Å². The maximum Gasteiger partial charge on any atom is 0.0535 e. The molecule has 1 aromatic heterocycles. The first kappa shape index (κ1) is 12.9. The molecule has 3 heteroatoms. The number of aromatic amines is 1. The third-order valence-corrected chi connectivity index (χ3v) is 6.03. The molecule has 1 heterocycles. The van der Waals surface area contributed by atoms with Crippen LogP contribution in [0, 0.1) is 17.8 Å². The summed E-state index contributed by atoms with van der Waals surface area (Å²) in [6, 6.07) is 0. The quantitative estimate of drug-likeness (QED) is 0.808. The predicted molar refractivity (Wildman–Crippen MR) is 80.4 cm³/mol. The Balaban J connectivity index is 1.59. The largest absolute Gasteiger partial charge is 0.313 e. The lowest BCUT2D eigenvalue weighted by atomic mass is 9.48. The molecule has 0 atom stereocenters.